The van der Waals surface area contributed by atoms with Crippen molar-refractivity contribution >= 4 is 0 Å². The van der Waals surface area contributed by atoms with Gasteiger partial charge in [0.2, 0.25) is 0 Å². The van der Waals surface area contributed by atoms with Crippen LogP contribution in [0.1, 0.15) is 12.5 Å². The fraction of sp³-hybridized carbons (Fsp3) is 0.500. The molecule has 0 radical (unpaired) electrons. The number of rotatable bonds is 5. The lowest BCUT2D eigenvalue weighted by atomic mass is 10.1. The Morgan fingerprint density at radius 3 is 2.87 bits per heavy atom. The Morgan fingerprint density at radius 2 is 2.27 bits per heavy atom. The van der Waals surface area contributed by atoms with Crippen LogP contribution in [0.25, 0.3) is 0 Å². The molecule has 1 fully saturated rings. The molecule has 0 aliphatic carbocycles. The van der Waals surface area contributed by atoms with Crippen molar-refractivity contribution in [3.05, 3.63) is 23.8 Å². The Morgan fingerprint density at radius 1 is 1.47 bits per heavy atom. The number of hydrogen-bond acceptors (Lipinski definition) is 3. The van der Waals surface area contributed by atoms with Gasteiger partial charge < -0.3 is 14.2 Å². The van der Waals surface area contributed by atoms with Crippen LogP contribution < -0.4 is 9.47 Å². The zero-order valence-electron chi connectivity index (χ0n) is 9.16. The molecule has 1 aliphatic rings. The van der Waals surface area contributed by atoms with Crippen LogP contribution in [0.2, 0.25) is 0 Å². The molecule has 0 spiro atoms. The van der Waals surface area contributed by atoms with E-state index in [1.54, 1.807) is 7.11 Å². The second-order valence-electron chi connectivity index (χ2n) is 3.57. The number of epoxide rings is 1. The number of ether oxygens (including phenoxy) is 3. The minimum absolute atomic E-state index is 0.277. The Bertz CT molecular complexity index is 309. The molecule has 1 atom stereocenters. The van der Waals surface area contributed by atoms with E-state index in [0.717, 1.165) is 24.5 Å². The molecule has 15 heavy (non-hydrogen) atoms. The molecular weight excluding hydrogens is 192 g/mol. The van der Waals surface area contributed by atoms with E-state index in [2.05, 4.69) is 13.0 Å². The highest BCUT2D eigenvalue weighted by molar-refractivity contribution is 5.46. The van der Waals surface area contributed by atoms with Gasteiger partial charge >= 0.3 is 0 Å². The Hall–Kier alpha value is -1.22. The van der Waals surface area contributed by atoms with E-state index in [4.69, 9.17) is 14.2 Å². The molecule has 0 N–H and O–H groups in total. The number of methoxy groups -OCH3 is 1. The lowest BCUT2D eigenvalue weighted by molar-refractivity contribution is 0.250. The number of benzene rings is 1. The molecule has 0 aromatic heterocycles. The van der Waals surface area contributed by atoms with Gasteiger partial charge in [-0.05, 0) is 18.1 Å². The maximum atomic E-state index is 5.72. The van der Waals surface area contributed by atoms with Crippen LogP contribution in [0.4, 0.5) is 0 Å². The second kappa shape index (κ2) is 4.53. The van der Waals surface area contributed by atoms with E-state index in [-0.39, 0.29) is 6.10 Å². The van der Waals surface area contributed by atoms with Crippen molar-refractivity contribution in [3.63, 3.8) is 0 Å². The summed E-state index contributed by atoms with van der Waals surface area (Å²) in [7, 11) is 1.66. The first-order chi connectivity index (χ1) is 7.35. The van der Waals surface area contributed by atoms with E-state index in [1.165, 1.54) is 5.56 Å². The second-order valence-corrected chi connectivity index (χ2v) is 3.57. The molecule has 1 aromatic rings. The molecule has 3 nitrogen and oxygen atoms in total. The van der Waals surface area contributed by atoms with E-state index in [9.17, 15) is 0 Å². The van der Waals surface area contributed by atoms with Crippen molar-refractivity contribution in [2.75, 3.05) is 20.3 Å². The van der Waals surface area contributed by atoms with Crippen molar-refractivity contribution < 1.29 is 14.2 Å². The molecule has 0 saturated carbocycles. The lowest BCUT2D eigenvalue weighted by Crippen LogP contribution is -2.06. The van der Waals surface area contributed by atoms with E-state index >= 15 is 0 Å². The summed E-state index contributed by atoms with van der Waals surface area (Å²) in [5.41, 5.74) is 1.18. The molecule has 2 rings (SSSR count). The summed E-state index contributed by atoms with van der Waals surface area (Å²) >= 11 is 0. The predicted octanol–water partition coefficient (Wildman–Crippen LogP) is 2.04. The summed E-state index contributed by atoms with van der Waals surface area (Å²) in [6, 6.07) is 5.96. The third kappa shape index (κ3) is 2.42. The summed E-state index contributed by atoms with van der Waals surface area (Å²) in [6.07, 6.45) is 1.22. The largest absolute Gasteiger partial charge is 0.493 e. The molecule has 1 heterocycles. The van der Waals surface area contributed by atoms with E-state index in [1.807, 2.05) is 12.1 Å². The Balaban J connectivity index is 2.15. The summed E-state index contributed by atoms with van der Waals surface area (Å²) in [4.78, 5) is 0. The molecule has 1 unspecified atom stereocenters. The molecule has 1 saturated heterocycles. The van der Waals surface area contributed by atoms with Gasteiger partial charge in [-0.15, -0.1) is 0 Å². The first-order valence-corrected chi connectivity index (χ1v) is 5.25. The van der Waals surface area contributed by atoms with Gasteiger partial charge in [0.15, 0.2) is 11.5 Å². The quantitative estimate of drug-likeness (QED) is 0.694. The fourth-order valence-electron chi connectivity index (χ4n) is 1.50. The average Bonchev–Trinajstić information content (AvgIpc) is 3.09. The summed E-state index contributed by atoms with van der Waals surface area (Å²) in [5, 5.41) is 0. The Kier molecular flexibility index (Phi) is 3.11. The van der Waals surface area contributed by atoms with E-state index in [0.29, 0.717) is 6.61 Å². The van der Waals surface area contributed by atoms with Crippen molar-refractivity contribution in [1.29, 1.82) is 0 Å². The topological polar surface area (TPSA) is 31.0 Å². The molecule has 82 valence electrons. The lowest BCUT2D eigenvalue weighted by Gasteiger charge is -2.13. The van der Waals surface area contributed by atoms with Crippen LogP contribution in [0.3, 0.4) is 0 Å². The summed E-state index contributed by atoms with van der Waals surface area (Å²) in [6.45, 7) is 3.54. The van der Waals surface area contributed by atoms with Crippen LogP contribution in [-0.4, -0.2) is 26.4 Å². The molecule has 3 heteroatoms. The number of aryl methyl sites for hydroxylation is 1. The fourth-order valence-corrected chi connectivity index (χ4v) is 1.50. The van der Waals surface area contributed by atoms with E-state index < -0.39 is 0 Å². The standard InChI is InChI=1S/C12H16O3/c1-3-9-5-4-6-11(13-2)12(9)15-8-10-7-14-10/h4-6,10H,3,7-8H2,1-2H3. The van der Waals surface area contributed by atoms with Crippen LogP contribution in [-0.2, 0) is 11.2 Å². The van der Waals surface area contributed by atoms with Gasteiger partial charge in [-0.1, -0.05) is 19.1 Å². The highest BCUT2D eigenvalue weighted by atomic mass is 16.6. The molecule has 0 bridgehead atoms. The molecule has 1 aliphatic heterocycles. The maximum absolute atomic E-state index is 5.72. The minimum Gasteiger partial charge on any atom is -0.493 e. The zero-order valence-corrected chi connectivity index (χ0v) is 9.16. The van der Waals surface area contributed by atoms with Gasteiger partial charge in [0.05, 0.1) is 13.7 Å². The molecule has 0 amide bonds. The third-order valence-corrected chi connectivity index (χ3v) is 2.48. The maximum Gasteiger partial charge on any atom is 0.164 e. The minimum atomic E-state index is 0.277. The van der Waals surface area contributed by atoms with Crippen LogP contribution in [0, 0.1) is 0 Å². The van der Waals surface area contributed by atoms with Gasteiger partial charge in [-0.3, -0.25) is 0 Å². The molecular formula is C12H16O3. The van der Waals surface area contributed by atoms with Gasteiger partial charge in [-0.25, -0.2) is 0 Å². The van der Waals surface area contributed by atoms with Gasteiger partial charge in [0.25, 0.3) is 0 Å². The Labute approximate surface area is 90.0 Å². The van der Waals surface area contributed by atoms with Gasteiger partial charge in [-0.2, -0.15) is 0 Å². The highest BCUT2D eigenvalue weighted by Gasteiger charge is 2.24. The first kappa shape index (κ1) is 10.3. The van der Waals surface area contributed by atoms with Crippen LogP contribution in [0.15, 0.2) is 18.2 Å². The highest BCUT2D eigenvalue weighted by Crippen LogP contribution is 2.32. The number of hydrogen-bond donors (Lipinski definition) is 0. The third-order valence-electron chi connectivity index (χ3n) is 2.48. The zero-order chi connectivity index (χ0) is 10.7. The first-order valence-electron chi connectivity index (χ1n) is 5.25. The SMILES string of the molecule is CCc1cccc(OC)c1OCC1CO1. The summed E-state index contributed by atoms with van der Waals surface area (Å²) in [5.74, 6) is 1.66. The monoisotopic (exact) mass is 208 g/mol. The van der Waals surface area contributed by atoms with Crippen molar-refractivity contribution in [3.8, 4) is 11.5 Å². The summed E-state index contributed by atoms with van der Waals surface area (Å²) < 4.78 is 16.1. The van der Waals surface area contributed by atoms with Crippen LogP contribution in [0.5, 0.6) is 11.5 Å². The normalized spacial score (nSPS) is 18.7. The van der Waals surface area contributed by atoms with Gasteiger partial charge in [0.1, 0.15) is 12.7 Å². The van der Waals surface area contributed by atoms with Crippen LogP contribution >= 0.6 is 0 Å². The number of para-hydroxylation sites is 1. The molecule has 1 aromatic carbocycles. The smallest absolute Gasteiger partial charge is 0.164 e. The van der Waals surface area contributed by atoms with Crippen molar-refractivity contribution in [2.45, 2.75) is 19.4 Å². The average molecular weight is 208 g/mol. The predicted molar refractivity (Wildman–Crippen MR) is 57.6 cm³/mol. The van der Waals surface area contributed by atoms with Gasteiger partial charge in [0, 0.05) is 0 Å². The van der Waals surface area contributed by atoms with Crippen molar-refractivity contribution in [2.24, 2.45) is 0 Å². The van der Waals surface area contributed by atoms with Crippen molar-refractivity contribution in [1.82, 2.24) is 0 Å².